The lowest BCUT2D eigenvalue weighted by Gasteiger charge is -2.30. The first-order valence-corrected chi connectivity index (χ1v) is 5.74. The van der Waals surface area contributed by atoms with Crippen LogP contribution in [0.25, 0.3) is 0 Å². The molecule has 5 nitrogen and oxygen atoms in total. The van der Waals surface area contributed by atoms with Gasteiger partial charge >= 0.3 is 5.97 Å². The van der Waals surface area contributed by atoms with Crippen molar-refractivity contribution in [1.29, 1.82) is 0 Å². The minimum absolute atomic E-state index is 0.0954. The molecule has 1 rings (SSSR count). The Hall–Kier alpha value is -1.43. The molecule has 1 aromatic heterocycles. The summed E-state index contributed by atoms with van der Waals surface area (Å²) >= 11 is 5.53. The molecule has 100 valence electrons. The Labute approximate surface area is 109 Å². The fourth-order valence-electron chi connectivity index (χ4n) is 1.32. The van der Waals surface area contributed by atoms with Gasteiger partial charge in [0.15, 0.2) is 11.0 Å². The van der Waals surface area contributed by atoms with E-state index < -0.39 is 17.8 Å². The summed E-state index contributed by atoms with van der Waals surface area (Å²) < 4.78 is 12.9. The normalized spacial score (nSPS) is 13.2. The van der Waals surface area contributed by atoms with Crippen molar-refractivity contribution in [1.82, 2.24) is 9.97 Å². The average Bonchev–Trinajstić information content (AvgIpc) is 2.20. The van der Waals surface area contributed by atoms with Crippen LogP contribution in [0.1, 0.15) is 27.2 Å². The van der Waals surface area contributed by atoms with Gasteiger partial charge in [0.05, 0.1) is 12.6 Å². The molecule has 0 bridgehead atoms. The maximum atomic E-state index is 12.9. The summed E-state index contributed by atoms with van der Waals surface area (Å²) in [5.41, 5.74) is -0.317. The minimum Gasteiger partial charge on any atom is -0.481 e. The maximum absolute atomic E-state index is 12.9. The number of hydrogen-bond donors (Lipinski definition) is 2. The number of aromatic nitrogens is 2. The number of carboxylic acid groups (broad SMARTS) is 1. The van der Waals surface area contributed by atoms with E-state index in [2.05, 4.69) is 15.3 Å². The quantitative estimate of drug-likeness (QED) is 0.826. The van der Waals surface area contributed by atoms with Gasteiger partial charge < -0.3 is 10.4 Å². The molecule has 0 spiro atoms. The number of halogens is 2. The van der Waals surface area contributed by atoms with Gasteiger partial charge in [-0.2, -0.15) is 4.98 Å². The van der Waals surface area contributed by atoms with Crippen molar-refractivity contribution in [2.24, 2.45) is 5.41 Å². The van der Waals surface area contributed by atoms with Gasteiger partial charge in [0.1, 0.15) is 0 Å². The molecule has 0 aromatic carbocycles. The largest absolute Gasteiger partial charge is 0.481 e. The number of nitrogens with zero attached hydrogens (tertiary/aromatic N) is 2. The minimum atomic E-state index is -0.935. The van der Waals surface area contributed by atoms with Gasteiger partial charge in [-0.25, -0.2) is 9.37 Å². The maximum Gasteiger partial charge on any atom is 0.305 e. The van der Waals surface area contributed by atoms with E-state index in [0.29, 0.717) is 0 Å². The fourth-order valence-corrected chi connectivity index (χ4v) is 1.45. The molecule has 1 heterocycles. The molecule has 0 aliphatic heterocycles. The first-order valence-electron chi connectivity index (χ1n) is 5.36. The monoisotopic (exact) mass is 275 g/mol. The highest BCUT2D eigenvalue weighted by molar-refractivity contribution is 6.29. The van der Waals surface area contributed by atoms with Crippen LogP contribution in [0.4, 0.5) is 10.3 Å². The molecule has 0 radical (unpaired) electrons. The second kappa shape index (κ2) is 5.48. The van der Waals surface area contributed by atoms with Crippen LogP contribution in [0, 0.1) is 11.2 Å². The van der Waals surface area contributed by atoms with Crippen molar-refractivity contribution in [3.63, 3.8) is 0 Å². The Morgan fingerprint density at radius 3 is 2.67 bits per heavy atom. The lowest BCUT2D eigenvalue weighted by atomic mass is 9.85. The van der Waals surface area contributed by atoms with Crippen LogP contribution in [-0.4, -0.2) is 27.1 Å². The molecule has 1 atom stereocenters. The van der Waals surface area contributed by atoms with Gasteiger partial charge in [0.2, 0.25) is 5.95 Å². The van der Waals surface area contributed by atoms with Crippen molar-refractivity contribution in [2.75, 3.05) is 5.32 Å². The summed E-state index contributed by atoms with van der Waals surface area (Å²) in [6, 6.07) is -0.392. The summed E-state index contributed by atoms with van der Waals surface area (Å²) in [5, 5.41) is 11.4. The lowest BCUT2D eigenvalue weighted by molar-refractivity contribution is -0.137. The molecular weight excluding hydrogens is 261 g/mol. The average molecular weight is 276 g/mol. The Morgan fingerprint density at radius 2 is 2.22 bits per heavy atom. The highest BCUT2D eigenvalue weighted by Gasteiger charge is 2.27. The van der Waals surface area contributed by atoms with Crippen LogP contribution < -0.4 is 5.32 Å². The van der Waals surface area contributed by atoms with E-state index in [9.17, 15) is 9.18 Å². The van der Waals surface area contributed by atoms with Crippen LogP contribution in [-0.2, 0) is 4.79 Å². The third kappa shape index (κ3) is 4.10. The molecule has 1 unspecified atom stereocenters. The molecule has 0 aliphatic rings. The predicted molar refractivity (Wildman–Crippen MR) is 66.1 cm³/mol. The zero-order valence-corrected chi connectivity index (χ0v) is 11.1. The highest BCUT2D eigenvalue weighted by atomic mass is 35.5. The summed E-state index contributed by atoms with van der Waals surface area (Å²) in [7, 11) is 0. The van der Waals surface area contributed by atoms with E-state index in [-0.39, 0.29) is 22.9 Å². The summed E-state index contributed by atoms with van der Waals surface area (Å²) in [6.07, 6.45) is 0.847. The molecule has 2 N–H and O–H groups in total. The number of carboxylic acids is 1. The predicted octanol–water partition coefficient (Wildman–Crippen LogP) is 2.57. The number of hydrogen-bond acceptors (Lipinski definition) is 4. The SMILES string of the molecule is CC(C)(C)C(CC(=O)O)Nc1ncc(F)c(Cl)n1. The van der Waals surface area contributed by atoms with E-state index in [1.165, 1.54) is 0 Å². The van der Waals surface area contributed by atoms with Crippen LogP contribution in [0.15, 0.2) is 6.20 Å². The van der Waals surface area contributed by atoms with E-state index in [4.69, 9.17) is 16.7 Å². The molecular formula is C11H15ClFN3O2. The number of nitrogens with one attached hydrogen (secondary N) is 1. The van der Waals surface area contributed by atoms with E-state index >= 15 is 0 Å². The van der Waals surface area contributed by atoms with Crippen LogP contribution in [0.3, 0.4) is 0 Å². The molecule has 18 heavy (non-hydrogen) atoms. The van der Waals surface area contributed by atoms with Gasteiger partial charge in [-0.1, -0.05) is 32.4 Å². The van der Waals surface area contributed by atoms with Crippen molar-refractivity contribution >= 4 is 23.5 Å². The van der Waals surface area contributed by atoms with Gasteiger partial charge in [0.25, 0.3) is 0 Å². The van der Waals surface area contributed by atoms with Crippen molar-refractivity contribution in [3.8, 4) is 0 Å². The first-order chi connectivity index (χ1) is 8.20. The lowest BCUT2D eigenvalue weighted by Crippen LogP contribution is -2.36. The van der Waals surface area contributed by atoms with Crippen LogP contribution in [0.2, 0.25) is 5.15 Å². The summed E-state index contributed by atoms with van der Waals surface area (Å²) in [4.78, 5) is 18.2. The second-order valence-electron chi connectivity index (χ2n) is 4.99. The van der Waals surface area contributed by atoms with E-state index in [0.717, 1.165) is 6.20 Å². The zero-order chi connectivity index (χ0) is 13.9. The van der Waals surface area contributed by atoms with Gasteiger partial charge in [-0.05, 0) is 5.41 Å². The fraction of sp³-hybridized carbons (Fsp3) is 0.545. The smallest absolute Gasteiger partial charge is 0.305 e. The molecule has 1 aromatic rings. The number of carbonyl (C=O) groups is 1. The Morgan fingerprint density at radius 1 is 1.61 bits per heavy atom. The molecule has 0 aliphatic carbocycles. The van der Waals surface area contributed by atoms with Crippen LogP contribution >= 0.6 is 11.6 Å². The second-order valence-corrected chi connectivity index (χ2v) is 5.35. The van der Waals surface area contributed by atoms with Crippen molar-refractivity contribution < 1.29 is 14.3 Å². The Kier molecular flexibility index (Phi) is 4.45. The molecule has 0 amide bonds. The third-order valence-electron chi connectivity index (χ3n) is 2.43. The number of anilines is 1. The van der Waals surface area contributed by atoms with Gasteiger partial charge in [-0.15, -0.1) is 0 Å². The molecule has 0 saturated carbocycles. The Bertz CT molecular complexity index is 448. The summed E-state index contributed by atoms with van der Waals surface area (Å²) in [5.74, 6) is -1.54. The number of aliphatic carboxylic acids is 1. The highest BCUT2D eigenvalue weighted by Crippen LogP contribution is 2.25. The Balaban J connectivity index is 2.89. The van der Waals surface area contributed by atoms with Crippen LogP contribution in [0.5, 0.6) is 0 Å². The first kappa shape index (κ1) is 14.6. The summed E-state index contributed by atoms with van der Waals surface area (Å²) in [6.45, 7) is 5.66. The molecule has 7 heteroatoms. The standard InChI is InChI=1S/C11H15ClFN3O2/c1-11(2,3)7(4-8(17)18)15-10-14-5-6(13)9(12)16-10/h5,7H,4H2,1-3H3,(H,17,18)(H,14,15,16). The number of rotatable bonds is 4. The van der Waals surface area contributed by atoms with Crippen molar-refractivity contribution in [3.05, 3.63) is 17.2 Å². The van der Waals surface area contributed by atoms with Gasteiger partial charge in [-0.3, -0.25) is 4.79 Å². The van der Waals surface area contributed by atoms with E-state index in [1.54, 1.807) is 0 Å². The van der Waals surface area contributed by atoms with E-state index in [1.807, 2.05) is 20.8 Å². The third-order valence-corrected chi connectivity index (χ3v) is 2.69. The molecule has 0 saturated heterocycles. The topological polar surface area (TPSA) is 75.1 Å². The van der Waals surface area contributed by atoms with Crippen molar-refractivity contribution in [2.45, 2.75) is 33.2 Å². The van der Waals surface area contributed by atoms with Gasteiger partial charge in [0, 0.05) is 6.04 Å². The zero-order valence-electron chi connectivity index (χ0n) is 10.4. The molecule has 0 fully saturated rings.